The summed E-state index contributed by atoms with van der Waals surface area (Å²) in [7, 11) is 0. The Kier molecular flexibility index (Phi) is 9.99. The number of hydrogen-bond donors (Lipinski definition) is 1. The van der Waals surface area contributed by atoms with Gasteiger partial charge in [0.25, 0.3) is 5.91 Å². The number of ether oxygens (including phenoxy) is 1. The first-order valence-corrected chi connectivity index (χ1v) is 13.9. The Labute approximate surface area is 233 Å². The number of carbonyl (C=O) groups excluding carboxylic acids is 1. The Morgan fingerprint density at radius 2 is 1.67 bits per heavy atom. The standard InChI is InChI=1S/C33H43N3O3/c1-8-17-36(18-9-2)28-13-12-24-20-26(11-10-25(24)21-28)30-15-14-29(39-30)22-27(23-34)31(37)35-33(6,7)16-19-38-32(3,4)5/h10-15,20-22H,8-9,16-19H2,1-7H3,(H,35,37)/b27-22+. The topological polar surface area (TPSA) is 78.5 Å². The molecule has 208 valence electrons. The maximum Gasteiger partial charge on any atom is 0.262 e. The van der Waals surface area contributed by atoms with Crippen molar-refractivity contribution >= 4 is 28.4 Å². The van der Waals surface area contributed by atoms with E-state index in [1.807, 2.05) is 52.8 Å². The number of hydrogen-bond acceptors (Lipinski definition) is 5. The lowest BCUT2D eigenvalue weighted by Gasteiger charge is -2.28. The van der Waals surface area contributed by atoms with Gasteiger partial charge in [-0.3, -0.25) is 4.79 Å². The van der Waals surface area contributed by atoms with Crippen molar-refractivity contribution in [2.45, 2.75) is 78.9 Å². The zero-order valence-electron chi connectivity index (χ0n) is 24.6. The summed E-state index contributed by atoms with van der Waals surface area (Å²) in [5, 5.41) is 14.9. The van der Waals surface area contributed by atoms with E-state index in [1.165, 1.54) is 17.1 Å². The van der Waals surface area contributed by atoms with Crippen LogP contribution in [0.25, 0.3) is 28.2 Å². The highest BCUT2D eigenvalue weighted by Crippen LogP contribution is 2.29. The summed E-state index contributed by atoms with van der Waals surface area (Å²) in [5.74, 6) is 0.705. The minimum Gasteiger partial charge on any atom is -0.457 e. The number of rotatable bonds is 12. The fraction of sp³-hybridized carbons (Fsp3) is 0.455. The van der Waals surface area contributed by atoms with E-state index in [0.29, 0.717) is 24.5 Å². The molecule has 0 unspecified atom stereocenters. The van der Waals surface area contributed by atoms with Crippen LogP contribution in [0, 0.1) is 11.3 Å². The summed E-state index contributed by atoms with van der Waals surface area (Å²) in [5.41, 5.74) is 1.42. The van der Waals surface area contributed by atoms with Gasteiger partial charge in [-0.1, -0.05) is 32.0 Å². The SMILES string of the molecule is CCCN(CCC)c1ccc2cc(-c3ccc(/C=C(\C#N)C(=O)NC(C)(C)CCOC(C)(C)C)o3)ccc2c1. The second-order valence-electron chi connectivity index (χ2n) is 11.7. The van der Waals surface area contributed by atoms with Crippen LogP contribution in [0.4, 0.5) is 5.69 Å². The minimum atomic E-state index is -0.526. The van der Waals surface area contributed by atoms with Gasteiger partial charge in [0.15, 0.2) is 0 Å². The average Bonchev–Trinajstić information content (AvgIpc) is 3.34. The fourth-order valence-corrected chi connectivity index (χ4v) is 4.42. The van der Waals surface area contributed by atoms with Gasteiger partial charge in [-0.2, -0.15) is 5.26 Å². The number of benzene rings is 2. The third-order valence-corrected chi connectivity index (χ3v) is 6.45. The van der Waals surface area contributed by atoms with Gasteiger partial charge in [-0.15, -0.1) is 0 Å². The minimum absolute atomic E-state index is 0.00420. The van der Waals surface area contributed by atoms with Crippen LogP contribution in [0.3, 0.4) is 0 Å². The van der Waals surface area contributed by atoms with E-state index in [9.17, 15) is 10.1 Å². The lowest BCUT2D eigenvalue weighted by molar-refractivity contribution is -0.118. The number of nitriles is 1. The molecule has 3 aromatic rings. The summed E-state index contributed by atoms with van der Waals surface area (Å²) in [6.07, 6.45) is 4.35. The summed E-state index contributed by atoms with van der Waals surface area (Å²) >= 11 is 0. The van der Waals surface area contributed by atoms with Crippen LogP contribution in [-0.2, 0) is 9.53 Å². The van der Waals surface area contributed by atoms with Crippen molar-refractivity contribution in [2.24, 2.45) is 0 Å². The molecule has 0 fully saturated rings. The second-order valence-corrected chi connectivity index (χ2v) is 11.7. The summed E-state index contributed by atoms with van der Waals surface area (Å²) in [6.45, 7) is 16.8. The molecule has 6 nitrogen and oxygen atoms in total. The van der Waals surface area contributed by atoms with Gasteiger partial charge in [-0.25, -0.2) is 0 Å². The number of anilines is 1. The van der Waals surface area contributed by atoms with Crippen molar-refractivity contribution in [3.8, 4) is 17.4 Å². The molecule has 0 spiro atoms. The van der Waals surface area contributed by atoms with Crippen molar-refractivity contribution in [1.82, 2.24) is 5.32 Å². The normalized spacial score (nSPS) is 12.4. The molecule has 1 amide bonds. The van der Waals surface area contributed by atoms with Crippen LogP contribution >= 0.6 is 0 Å². The Morgan fingerprint density at radius 1 is 1.00 bits per heavy atom. The van der Waals surface area contributed by atoms with Crippen LogP contribution in [-0.4, -0.2) is 36.7 Å². The van der Waals surface area contributed by atoms with Gasteiger partial charge < -0.3 is 19.4 Å². The summed E-state index contributed by atoms with van der Waals surface area (Å²) < 4.78 is 11.8. The van der Waals surface area contributed by atoms with Crippen molar-refractivity contribution in [2.75, 3.05) is 24.6 Å². The second kappa shape index (κ2) is 13.0. The molecule has 1 aromatic heterocycles. The molecule has 0 bridgehead atoms. The Balaban J connectivity index is 1.74. The number of nitrogens with zero attached hydrogens (tertiary/aromatic N) is 2. The number of fused-ring (bicyclic) bond motifs is 1. The van der Waals surface area contributed by atoms with Crippen molar-refractivity contribution < 1.29 is 13.9 Å². The third kappa shape index (κ3) is 8.73. The van der Waals surface area contributed by atoms with Crippen LogP contribution in [0.2, 0.25) is 0 Å². The van der Waals surface area contributed by atoms with Gasteiger partial charge in [0.05, 0.1) is 5.60 Å². The fourth-order valence-electron chi connectivity index (χ4n) is 4.42. The quantitative estimate of drug-likeness (QED) is 0.192. The van der Waals surface area contributed by atoms with E-state index in [0.717, 1.165) is 36.9 Å². The third-order valence-electron chi connectivity index (χ3n) is 6.45. The molecule has 3 rings (SSSR count). The maximum atomic E-state index is 12.8. The highest BCUT2D eigenvalue weighted by Gasteiger charge is 2.24. The van der Waals surface area contributed by atoms with Gasteiger partial charge in [0, 0.05) is 42.6 Å². The molecule has 2 aromatic carbocycles. The van der Waals surface area contributed by atoms with Crippen LogP contribution < -0.4 is 10.2 Å². The molecular weight excluding hydrogens is 486 g/mol. The molecule has 0 saturated carbocycles. The van der Waals surface area contributed by atoms with E-state index in [2.05, 4.69) is 54.4 Å². The highest BCUT2D eigenvalue weighted by atomic mass is 16.5. The number of furan rings is 1. The van der Waals surface area contributed by atoms with E-state index in [4.69, 9.17) is 9.15 Å². The summed E-state index contributed by atoms with van der Waals surface area (Å²) in [6, 6.07) is 18.5. The predicted octanol–water partition coefficient (Wildman–Crippen LogP) is 7.73. The zero-order chi connectivity index (χ0) is 28.6. The van der Waals surface area contributed by atoms with E-state index in [1.54, 1.807) is 6.07 Å². The Bertz CT molecular complexity index is 1330. The highest BCUT2D eigenvalue weighted by molar-refractivity contribution is 6.01. The molecule has 0 aliphatic carbocycles. The van der Waals surface area contributed by atoms with Gasteiger partial charge in [-0.05, 0) is 95.0 Å². The molecular formula is C33H43N3O3. The van der Waals surface area contributed by atoms with Crippen molar-refractivity contribution in [1.29, 1.82) is 5.26 Å². The zero-order valence-corrected chi connectivity index (χ0v) is 24.6. The molecule has 0 aliphatic rings. The molecule has 0 saturated heterocycles. The van der Waals surface area contributed by atoms with Crippen LogP contribution in [0.5, 0.6) is 0 Å². The smallest absolute Gasteiger partial charge is 0.262 e. The molecule has 0 radical (unpaired) electrons. The predicted molar refractivity (Wildman–Crippen MR) is 161 cm³/mol. The van der Waals surface area contributed by atoms with Crippen LogP contribution in [0.1, 0.15) is 73.5 Å². The maximum absolute atomic E-state index is 12.8. The Hall–Kier alpha value is -3.56. The van der Waals surface area contributed by atoms with E-state index >= 15 is 0 Å². The first-order chi connectivity index (χ1) is 18.4. The summed E-state index contributed by atoms with van der Waals surface area (Å²) in [4.78, 5) is 15.3. The molecule has 1 N–H and O–H groups in total. The van der Waals surface area contributed by atoms with Crippen molar-refractivity contribution in [3.63, 3.8) is 0 Å². The number of carbonyl (C=O) groups is 1. The number of amides is 1. The van der Waals surface area contributed by atoms with E-state index < -0.39 is 11.4 Å². The molecule has 39 heavy (non-hydrogen) atoms. The van der Waals surface area contributed by atoms with Crippen LogP contribution in [0.15, 0.2) is 58.5 Å². The monoisotopic (exact) mass is 529 g/mol. The average molecular weight is 530 g/mol. The molecule has 0 aliphatic heterocycles. The lowest BCUT2D eigenvalue weighted by Crippen LogP contribution is -2.45. The molecule has 0 atom stereocenters. The van der Waals surface area contributed by atoms with Gasteiger partial charge in [0.1, 0.15) is 23.2 Å². The molecule has 1 heterocycles. The first-order valence-electron chi connectivity index (χ1n) is 13.9. The van der Waals surface area contributed by atoms with Gasteiger partial charge >= 0.3 is 0 Å². The van der Waals surface area contributed by atoms with Crippen molar-refractivity contribution in [3.05, 3.63) is 59.9 Å². The number of nitrogens with one attached hydrogen (secondary N) is 1. The van der Waals surface area contributed by atoms with E-state index in [-0.39, 0.29) is 11.2 Å². The van der Waals surface area contributed by atoms with Gasteiger partial charge in [0.2, 0.25) is 0 Å². The molecule has 6 heteroatoms. The lowest BCUT2D eigenvalue weighted by atomic mass is 10.00. The largest absolute Gasteiger partial charge is 0.457 e. The first kappa shape index (κ1) is 30.0. The Morgan fingerprint density at radius 3 is 2.31 bits per heavy atom.